The Bertz CT molecular complexity index is 537. The fraction of sp³-hybridized carbons (Fsp3) is 0.300. The zero-order valence-corrected chi connectivity index (χ0v) is 10.4. The van der Waals surface area contributed by atoms with Gasteiger partial charge < -0.3 is 5.11 Å². The van der Waals surface area contributed by atoms with Gasteiger partial charge >= 0.3 is 5.97 Å². The number of sulfonamides is 1. The van der Waals surface area contributed by atoms with Crippen LogP contribution in [0.5, 0.6) is 0 Å². The summed E-state index contributed by atoms with van der Waals surface area (Å²) < 4.78 is 26.4. The highest BCUT2D eigenvalue weighted by molar-refractivity contribution is 7.91. The van der Waals surface area contributed by atoms with Gasteiger partial charge in [-0.15, -0.1) is 11.3 Å². The van der Waals surface area contributed by atoms with E-state index in [2.05, 4.69) is 4.72 Å². The maximum atomic E-state index is 12.0. The molecule has 0 fully saturated rings. The van der Waals surface area contributed by atoms with Crippen molar-refractivity contribution in [2.24, 2.45) is 0 Å². The van der Waals surface area contributed by atoms with E-state index in [1.54, 1.807) is 23.6 Å². The molecule has 0 saturated carbocycles. The number of hydrogen-bond acceptors (Lipinski definition) is 4. The predicted octanol–water partition coefficient (Wildman–Crippen LogP) is 1.20. The van der Waals surface area contributed by atoms with Crippen LogP contribution in [0.2, 0.25) is 0 Å². The molecule has 0 aliphatic heterocycles. The maximum absolute atomic E-state index is 12.0. The number of thiophene rings is 1. The van der Waals surface area contributed by atoms with Gasteiger partial charge in [0.2, 0.25) is 0 Å². The fourth-order valence-corrected chi connectivity index (χ4v) is 4.05. The third-order valence-corrected chi connectivity index (χ3v) is 5.53. The number of carboxylic acid groups (broad SMARTS) is 1. The quantitative estimate of drug-likeness (QED) is 0.807. The number of rotatable bonds is 4. The van der Waals surface area contributed by atoms with E-state index < -0.39 is 21.5 Å². The highest BCUT2D eigenvalue weighted by atomic mass is 32.2. The molecule has 2 rings (SSSR count). The average Bonchev–Trinajstić information content (AvgIpc) is 2.86. The van der Waals surface area contributed by atoms with Crippen LogP contribution in [0, 0.1) is 0 Å². The predicted molar refractivity (Wildman–Crippen MR) is 63.4 cm³/mol. The average molecular weight is 273 g/mol. The lowest BCUT2D eigenvalue weighted by Crippen LogP contribution is -2.52. The van der Waals surface area contributed by atoms with E-state index in [4.69, 9.17) is 5.11 Å². The summed E-state index contributed by atoms with van der Waals surface area (Å²) in [6.07, 6.45) is 3.69. The van der Waals surface area contributed by atoms with Gasteiger partial charge in [0.25, 0.3) is 10.0 Å². The zero-order chi connectivity index (χ0) is 12.5. The Hall–Kier alpha value is -1.18. The molecule has 2 N–H and O–H groups in total. The molecule has 0 unspecified atom stereocenters. The minimum atomic E-state index is -3.76. The zero-order valence-electron chi connectivity index (χ0n) is 8.79. The van der Waals surface area contributed by atoms with Crippen LogP contribution in [0.1, 0.15) is 12.8 Å². The summed E-state index contributed by atoms with van der Waals surface area (Å²) in [5.41, 5.74) is -1.43. The van der Waals surface area contributed by atoms with E-state index in [1.165, 1.54) is 6.07 Å². The molecule has 1 aromatic rings. The molecular weight excluding hydrogens is 262 g/mol. The van der Waals surface area contributed by atoms with Crippen LogP contribution in [0.4, 0.5) is 0 Å². The minimum Gasteiger partial charge on any atom is -0.480 e. The minimum absolute atomic E-state index is 0.130. The van der Waals surface area contributed by atoms with E-state index in [-0.39, 0.29) is 17.1 Å². The van der Waals surface area contributed by atoms with Gasteiger partial charge in [-0.1, -0.05) is 18.2 Å². The van der Waals surface area contributed by atoms with Crippen molar-refractivity contribution < 1.29 is 18.3 Å². The summed E-state index contributed by atoms with van der Waals surface area (Å²) in [6, 6.07) is 3.06. The molecular formula is C10H11NO4S2. The van der Waals surface area contributed by atoms with Gasteiger partial charge in [0.05, 0.1) is 0 Å². The Balaban J connectivity index is 2.29. The lowest BCUT2D eigenvalue weighted by atomic mass is 9.99. The van der Waals surface area contributed by atoms with Crippen LogP contribution in [0.15, 0.2) is 33.9 Å². The Kier molecular flexibility index (Phi) is 3.07. The Labute approximate surface area is 103 Å². The molecule has 92 valence electrons. The summed E-state index contributed by atoms with van der Waals surface area (Å²) in [5, 5.41) is 10.8. The van der Waals surface area contributed by atoms with Crippen molar-refractivity contribution in [1.29, 1.82) is 0 Å². The van der Waals surface area contributed by atoms with Crippen LogP contribution in [-0.4, -0.2) is 25.0 Å². The second kappa shape index (κ2) is 4.25. The van der Waals surface area contributed by atoms with Gasteiger partial charge in [-0.25, -0.2) is 8.42 Å². The molecule has 1 heterocycles. The fourth-order valence-electron chi connectivity index (χ4n) is 1.68. The first-order valence-electron chi connectivity index (χ1n) is 4.92. The number of carboxylic acids is 1. The molecule has 0 bridgehead atoms. The van der Waals surface area contributed by atoms with E-state index >= 15 is 0 Å². The maximum Gasteiger partial charge on any atom is 0.325 e. The molecule has 1 aliphatic carbocycles. The summed E-state index contributed by atoms with van der Waals surface area (Å²) in [7, 11) is -3.76. The molecule has 0 aromatic carbocycles. The van der Waals surface area contributed by atoms with Gasteiger partial charge in [0.1, 0.15) is 9.75 Å². The van der Waals surface area contributed by atoms with E-state index in [0.717, 1.165) is 11.3 Å². The molecule has 0 atom stereocenters. The third kappa shape index (κ3) is 2.26. The van der Waals surface area contributed by atoms with E-state index in [9.17, 15) is 13.2 Å². The lowest BCUT2D eigenvalue weighted by Gasteiger charge is -2.24. The highest BCUT2D eigenvalue weighted by Gasteiger charge is 2.43. The number of hydrogen-bond donors (Lipinski definition) is 2. The smallest absolute Gasteiger partial charge is 0.325 e. The van der Waals surface area contributed by atoms with Gasteiger partial charge in [-0.3, -0.25) is 4.79 Å². The molecule has 0 amide bonds. The summed E-state index contributed by atoms with van der Waals surface area (Å²) in [5.74, 6) is -1.15. The van der Waals surface area contributed by atoms with Crippen LogP contribution in [0.25, 0.3) is 0 Å². The van der Waals surface area contributed by atoms with Gasteiger partial charge in [0, 0.05) is 0 Å². The van der Waals surface area contributed by atoms with Gasteiger partial charge in [-0.05, 0) is 24.3 Å². The van der Waals surface area contributed by atoms with Crippen molar-refractivity contribution in [1.82, 2.24) is 4.72 Å². The van der Waals surface area contributed by atoms with E-state index in [0.29, 0.717) is 0 Å². The molecule has 5 nitrogen and oxygen atoms in total. The van der Waals surface area contributed by atoms with Crippen molar-refractivity contribution >= 4 is 27.3 Å². The van der Waals surface area contributed by atoms with E-state index in [1.807, 2.05) is 0 Å². The van der Waals surface area contributed by atoms with Crippen LogP contribution in [-0.2, 0) is 14.8 Å². The van der Waals surface area contributed by atoms with Crippen molar-refractivity contribution in [2.75, 3.05) is 0 Å². The molecule has 7 heteroatoms. The number of carbonyl (C=O) groups is 1. The summed E-state index contributed by atoms with van der Waals surface area (Å²) >= 11 is 1.06. The Morgan fingerprint density at radius 2 is 2.06 bits per heavy atom. The van der Waals surface area contributed by atoms with Crippen LogP contribution in [0.3, 0.4) is 0 Å². The van der Waals surface area contributed by atoms with Crippen LogP contribution < -0.4 is 4.72 Å². The monoisotopic (exact) mass is 273 g/mol. The third-order valence-electron chi connectivity index (χ3n) is 2.60. The summed E-state index contributed by atoms with van der Waals surface area (Å²) in [6.45, 7) is 0. The molecule has 17 heavy (non-hydrogen) atoms. The Morgan fingerprint density at radius 3 is 2.53 bits per heavy atom. The molecule has 0 radical (unpaired) electrons. The van der Waals surface area contributed by atoms with Crippen LogP contribution >= 0.6 is 11.3 Å². The first kappa shape index (κ1) is 12.3. The normalized spacial score (nSPS) is 18.4. The standard InChI is InChI=1S/C10H11NO4S2/c12-9(13)10(5-1-2-6-10)11-17(14,15)8-4-3-7-16-8/h1-4,7,11H,5-6H2,(H,12,13). The first-order valence-corrected chi connectivity index (χ1v) is 7.28. The highest BCUT2D eigenvalue weighted by Crippen LogP contribution is 2.27. The van der Waals surface area contributed by atoms with Crippen molar-refractivity contribution in [2.45, 2.75) is 22.6 Å². The SMILES string of the molecule is O=C(O)C1(NS(=O)(=O)c2cccs2)CC=CC1. The number of aliphatic carboxylic acids is 1. The number of nitrogens with one attached hydrogen (secondary N) is 1. The summed E-state index contributed by atoms with van der Waals surface area (Å²) in [4.78, 5) is 11.2. The second-order valence-corrected chi connectivity index (χ2v) is 6.66. The van der Waals surface area contributed by atoms with Gasteiger partial charge in [-0.2, -0.15) is 4.72 Å². The topological polar surface area (TPSA) is 83.5 Å². The molecule has 1 aliphatic rings. The largest absolute Gasteiger partial charge is 0.480 e. The van der Waals surface area contributed by atoms with Crippen molar-refractivity contribution in [3.05, 3.63) is 29.7 Å². The molecule has 1 aromatic heterocycles. The first-order chi connectivity index (χ1) is 7.96. The van der Waals surface area contributed by atoms with Crippen molar-refractivity contribution in [3.8, 4) is 0 Å². The van der Waals surface area contributed by atoms with Gasteiger partial charge in [0.15, 0.2) is 0 Å². The molecule has 0 spiro atoms. The lowest BCUT2D eigenvalue weighted by molar-refractivity contribution is -0.143. The molecule has 0 saturated heterocycles. The van der Waals surface area contributed by atoms with Crippen molar-refractivity contribution in [3.63, 3.8) is 0 Å². The Morgan fingerprint density at radius 1 is 1.41 bits per heavy atom. The second-order valence-electron chi connectivity index (χ2n) is 3.80.